The fraction of sp³-hybridized carbons (Fsp3) is 0.636. The fourth-order valence-electron chi connectivity index (χ4n) is 1.24. The fourth-order valence-corrected chi connectivity index (χ4v) is 2.13. The van der Waals surface area contributed by atoms with Crippen LogP contribution in [-0.4, -0.2) is 21.8 Å². The number of thiazole rings is 1. The predicted molar refractivity (Wildman–Crippen MR) is 67.3 cm³/mol. The standard InChI is InChI=1S/C11H18N2O3S/c1-6-8(7(2)14)17-9(12-6)13-10(15)16-11(3,4)5/h7,14H,1-5H3,(H,12,13,15)/t7-/m1/s1. The van der Waals surface area contributed by atoms with Gasteiger partial charge < -0.3 is 9.84 Å². The van der Waals surface area contributed by atoms with Crippen LogP contribution in [0.4, 0.5) is 9.93 Å². The number of aromatic nitrogens is 1. The Balaban J connectivity index is 2.70. The number of aryl methyl sites for hydroxylation is 1. The van der Waals surface area contributed by atoms with Crippen LogP contribution in [0.3, 0.4) is 0 Å². The van der Waals surface area contributed by atoms with Gasteiger partial charge in [-0.2, -0.15) is 0 Å². The van der Waals surface area contributed by atoms with E-state index >= 15 is 0 Å². The lowest BCUT2D eigenvalue weighted by atomic mass is 10.2. The number of hydrogen-bond donors (Lipinski definition) is 2. The number of amides is 1. The minimum absolute atomic E-state index is 0.438. The maximum atomic E-state index is 11.5. The third-order valence-corrected chi connectivity index (χ3v) is 3.06. The van der Waals surface area contributed by atoms with Gasteiger partial charge in [-0.25, -0.2) is 9.78 Å². The predicted octanol–water partition coefficient (Wildman–Crippen LogP) is 2.85. The van der Waals surface area contributed by atoms with Crippen molar-refractivity contribution in [1.29, 1.82) is 0 Å². The second kappa shape index (κ2) is 5.01. The number of anilines is 1. The van der Waals surface area contributed by atoms with Crippen LogP contribution in [0.25, 0.3) is 0 Å². The molecule has 0 unspecified atom stereocenters. The summed E-state index contributed by atoms with van der Waals surface area (Å²) in [7, 11) is 0. The van der Waals surface area contributed by atoms with Gasteiger partial charge in [-0.15, -0.1) is 0 Å². The zero-order valence-electron chi connectivity index (χ0n) is 10.7. The number of hydrogen-bond acceptors (Lipinski definition) is 5. The molecule has 1 amide bonds. The summed E-state index contributed by atoms with van der Waals surface area (Å²) < 4.78 is 5.11. The van der Waals surface area contributed by atoms with Crippen LogP contribution in [0.15, 0.2) is 0 Å². The number of aliphatic hydroxyl groups is 1. The molecule has 0 aliphatic heterocycles. The summed E-state index contributed by atoms with van der Waals surface area (Å²) in [5.41, 5.74) is 0.180. The largest absolute Gasteiger partial charge is 0.444 e. The Kier molecular flexibility index (Phi) is 4.11. The van der Waals surface area contributed by atoms with Crippen LogP contribution >= 0.6 is 11.3 Å². The maximum Gasteiger partial charge on any atom is 0.413 e. The zero-order chi connectivity index (χ0) is 13.2. The topological polar surface area (TPSA) is 71.5 Å². The molecule has 0 aliphatic rings. The first-order valence-corrected chi connectivity index (χ1v) is 6.16. The van der Waals surface area contributed by atoms with Crippen LogP contribution in [0.5, 0.6) is 0 Å². The molecule has 17 heavy (non-hydrogen) atoms. The summed E-state index contributed by atoms with van der Waals surface area (Å²) in [5.74, 6) is 0. The Labute approximate surface area is 105 Å². The quantitative estimate of drug-likeness (QED) is 0.855. The van der Waals surface area contributed by atoms with Gasteiger partial charge in [0.2, 0.25) is 0 Å². The Morgan fingerprint density at radius 1 is 1.53 bits per heavy atom. The lowest BCUT2D eigenvalue weighted by molar-refractivity contribution is 0.0636. The number of carbonyl (C=O) groups is 1. The number of aliphatic hydroxyl groups excluding tert-OH is 1. The monoisotopic (exact) mass is 258 g/mol. The van der Waals surface area contributed by atoms with Gasteiger partial charge in [0.15, 0.2) is 5.13 Å². The van der Waals surface area contributed by atoms with Crippen molar-refractivity contribution in [2.45, 2.75) is 46.3 Å². The molecule has 0 aliphatic carbocycles. The molecule has 1 rings (SSSR count). The highest BCUT2D eigenvalue weighted by Gasteiger charge is 2.18. The summed E-state index contributed by atoms with van der Waals surface area (Å²) in [6.07, 6.45) is -1.12. The van der Waals surface area contributed by atoms with Crippen LogP contribution in [0.1, 0.15) is 44.4 Å². The van der Waals surface area contributed by atoms with Gasteiger partial charge in [-0.3, -0.25) is 5.32 Å². The zero-order valence-corrected chi connectivity index (χ0v) is 11.5. The first-order valence-electron chi connectivity index (χ1n) is 5.34. The van der Waals surface area contributed by atoms with E-state index in [1.54, 1.807) is 34.6 Å². The molecular weight excluding hydrogens is 240 g/mol. The molecule has 2 N–H and O–H groups in total. The molecule has 0 aromatic carbocycles. The average molecular weight is 258 g/mol. The third kappa shape index (κ3) is 4.32. The number of carbonyl (C=O) groups excluding carboxylic acids is 1. The minimum Gasteiger partial charge on any atom is -0.444 e. The van der Waals surface area contributed by atoms with E-state index in [2.05, 4.69) is 10.3 Å². The van der Waals surface area contributed by atoms with Crippen molar-refractivity contribution in [3.63, 3.8) is 0 Å². The second-order valence-electron chi connectivity index (χ2n) is 4.77. The maximum absolute atomic E-state index is 11.5. The molecule has 1 heterocycles. The highest BCUT2D eigenvalue weighted by atomic mass is 32.1. The summed E-state index contributed by atoms with van der Waals surface area (Å²) in [6, 6.07) is 0. The van der Waals surface area contributed by atoms with E-state index in [1.807, 2.05) is 0 Å². The molecule has 6 heteroatoms. The molecule has 0 spiro atoms. The smallest absolute Gasteiger partial charge is 0.413 e. The van der Waals surface area contributed by atoms with Gasteiger partial charge in [0.1, 0.15) is 5.60 Å². The van der Waals surface area contributed by atoms with Crippen LogP contribution < -0.4 is 5.32 Å². The highest BCUT2D eigenvalue weighted by Crippen LogP contribution is 2.28. The van der Waals surface area contributed by atoms with Gasteiger partial charge in [0.05, 0.1) is 16.7 Å². The van der Waals surface area contributed by atoms with Gasteiger partial charge in [0.25, 0.3) is 0 Å². The molecule has 0 radical (unpaired) electrons. The van der Waals surface area contributed by atoms with E-state index in [1.165, 1.54) is 11.3 Å². The molecule has 0 bridgehead atoms. The van der Waals surface area contributed by atoms with Crippen molar-refractivity contribution in [1.82, 2.24) is 4.98 Å². The SMILES string of the molecule is Cc1nc(NC(=O)OC(C)(C)C)sc1[C@@H](C)O. The average Bonchev–Trinajstić information content (AvgIpc) is 2.42. The Hall–Kier alpha value is -1.14. The molecule has 0 fully saturated rings. The van der Waals surface area contributed by atoms with E-state index < -0.39 is 17.8 Å². The number of nitrogens with zero attached hydrogens (tertiary/aromatic N) is 1. The van der Waals surface area contributed by atoms with Gasteiger partial charge >= 0.3 is 6.09 Å². The molecule has 0 saturated heterocycles. The summed E-state index contributed by atoms with van der Waals surface area (Å²) in [4.78, 5) is 16.4. The normalized spacial score (nSPS) is 13.3. The van der Waals surface area contributed by atoms with Gasteiger partial charge in [-0.05, 0) is 34.6 Å². The molecular formula is C11H18N2O3S. The Morgan fingerprint density at radius 2 is 2.12 bits per heavy atom. The molecule has 1 atom stereocenters. The molecule has 5 nitrogen and oxygen atoms in total. The van der Waals surface area contributed by atoms with Crippen molar-refractivity contribution in [2.24, 2.45) is 0 Å². The highest BCUT2D eigenvalue weighted by molar-refractivity contribution is 7.15. The lowest BCUT2D eigenvalue weighted by Crippen LogP contribution is -2.27. The van der Waals surface area contributed by atoms with Gasteiger partial charge in [-0.1, -0.05) is 11.3 Å². The Bertz CT molecular complexity index is 407. The van der Waals surface area contributed by atoms with Crippen molar-refractivity contribution in [3.8, 4) is 0 Å². The third-order valence-electron chi connectivity index (χ3n) is 1.82. The summed E-state index contributed by atoms with van der Waals surface area (Å²) >= 11 is 1.25. The van der Waals surface area contributed by atoms with Crippen LogP contribution in [-0.2, 0) is 4.74 Å². The van der Waals surface area contributed by atoms with E-state index in [-0.39, 0.29) is 0 Å². The van der Waals surface area contributed by atoms with Crippen LogP contribution in [0, 0.1) is 6.92 Å². The van der Waals surface area contributed by atoms with E-state index in [4.69, 9.17) is 4.74 Å². The van der Waals surface area contributed by atoms with Crippen molar-refractivity contribution in [3.05, 3.63) is 10.6 Å². The lowest BCUT2D eigenvalue weighted by Gasteiger charge is -2.18. The first-order chi connectivity index (χ1) is 7.69. The summed E-state index contributed by atoms with van der Waals surface area (Å²) in [5, 5.41) is 12.5. The van der Waals surface area contributed by atoms with E-state index in [9.17, 15) is 9.90 Å². The second-order valence-corrected chi connectivity index (χ2v) is 5.80. The van der Waals surface area contributed by atoms with Gasteiger partial charge in [0, 0.05) is 0 Å². The van der Waals surface area contributed by atoms with Crippen molar-refractivity contribution >= 4 is 22.6 Å². The van der Waals surface area contributed by atoms with E-state index in [0.717, 1.165) is 10.6 Å². The van der Waals surface area contributed by atoms with E-state index in [0.29, 0.717) is 5.13 Å². The molecule has 1 aromatic rings. The molecule has 1 aromatic heterocycles. The Morgan fingerprint density at radius 3 is 2.53 bits per heavy atom. The molecule has 0 saturated carbocycles. The number of ether oxygens (including phenoxy) is 1. The molecule has 96 valence electrons. The summed E-state index contributed by atoms with van der Waals surface area (Å²) in [6.45, 7) is 8.83. The first kappa shape index (κ1) is 13.9. The van der Waals surface area contributed by atoms with Crippen molar-refractivity contribution < 1.29 is 14.6 Å². The van der Waals surface area contributed by atoms with Crippen molar-refractivity contribution in [2.75, 3.05) is 5.32 Å². The van der Waals surface area contributed by atoms with Crippen LogP contribution in [0.2, 0.25) is 0 Å². The minimum atomic E-state index is -0.582. The number of nitrogens with one attached hydrogen (secondary N) is 1. The number of rotatable bonds is 2.